The molecule has 2 N–H and O–H groups in total. The number of hydrogen-bond acceptors (Lipinski definition) is 4. The average molecular weight is 289 g/mol. The first-order valence-electron chi connectivity index (χ1n) is 7.33. The van der Waals surface area contributed by atoms with Gasteiger partial charge in [0.1, 0.15) is 5.75 Å². The third kappa shape index (κ3) is 6.12. The standard InChI is InChI=1S/C14H17N3O2.C2H6/c1-2-3-9-19-12-6-4-5-11(10-12)16-14-15-8-7-13(18)17-14;1-2/h4-8,10H,2-3,9H2,1H3,(H2,15,16,17,18);1-2H3. The van der Waals surface area contributed by atoms with Crippen LogP contribution in [0, 0.1) is 0 Å². The van der Waals surface area contributed by atoms with E-state index in [0.717, 1.165) is 24.3 Å². The first kappa shape index (κ1) is 16.8. The van der Waals surface area contributed by atoms with E-state index in [1.165, 1.54) is 12.3 Å². The van der Waals surface area contributed by atoms with E-state index in [1.54, 1.807) is 0 Å². The zero-order valence-electron chi connectivity index (χ0n) is 12.8. The maximum absolute atomic E-state index is 11.2. The van der Waals surface area contributed by atoms with E-state index < -0.39 is 0 Å². The number of rotatable bonds is 6. The predicted octanol–water partition coefficient (Wildman–Crippen LogP) is 3.72. The SMILES string of the molecule is CC.CCCCOc1cccc(Nc2nccc(=O)[nH]2)c1. The summed E-state index contributed by atoms with van der Waals surface area (Å²) in [6, 6.07) is 8.93. The summed E-state index contributed by atoms with van der Waals surface area (Å²) in [5.41, 5.74) is 0.635. The van der Waals surface area contributed by atoms with Crippen LogP contribution < -0.4 is 15.6 Å². The summed E-state index contributed by atoms with van der Waals surface area (Å²) in [5.74, 6) is 1.22. The van der Waals surface area contributed by atoms with Gasteiger partial charge in [0.15, 0.2) is 0 Å². The molecular formula is C16H23N3O2. The number of H-pyrrole nitrogens is 1. The lowest BCUT2D eigenvalue weighted by atomic mass is 10.3. The maximum Gasteiger partial charge on any atom is 0.252 e. The molecule has 0 amide bonds. The summed E-state index contributed by atoms with van der Waals surface area (Å²) in [4.78, 5) is 17.8. The minimum atomic E-state index is -0.187. The van der Waals surface area contributed by atoms with E-state index in [2.05, 4.69) is 22.2 Å². The van der Waals surface area contributed by atoms with Crippen LogP contribution in [0.2, 0.25) is 0 Å². The number of aromatic amines is 1. The number of ether oxygens (including phenoxy) is 1. The molecular weight excluding hydrogens is 266 g/mol. The first-order chi connectivity index (χ1) is 10.3. The van der Waals surface area contributed by atoms with Gasteiger partial charge in [0.05, 0.1) is 6.61 Å². The van der Waals surface area contributed by atoms with Crippen molar-refractivity contribution in [1.29, 1.82) is 0 Å². The van der Waals surface area contributed by atoms with E-state index in [4.69, 9.17) is 4.74 Å². The normalized spacial score (nSPS) is 9.48. The van der Waals surface area contributed by atoms with Gasteiger partial charge in [0.2, 0.25) is 5.95 Å². The third-order valence-electron chi connectivity index (χ3n) is 2.53. The Bertz CT molecular complexity index is 581. The van der Waals surface area contributed by atoms with Crippen molar-refractivity contribution < 1.29 is 4.74 Å². The molecule has 114 valence electrons. The van der Waals surface area contributed by atoms with Crippen molar-refractivity contribution in [3.63, 3.8) is 0 Å². The Labute approximate surface area is 125 Å². The topological polar surface area (TPSA) is 67.0 Å². The molecule has 1 aromatic carbocycles. The molecule has 0 aliphatic heterocycles. The monoisotopic (exact) mass is 289 g/mol. The van der Waals surface area contributed by atoms with E-state index in [-0.39, 0.29) is 5.56 Å². The molecule has 0 saturated carbocycles. The van der Waals surface area contributed by atoms with Gasteiger partial charge in [-0.25, -0.2) is 4.98 Å². The Morgan fingerprint density at radius 3 is 2.81 bits per heavy atom. The Hall–Kier alpha value is -2.30. The Morgan fingerprint density at radius 1 is 1.29 bits per heavy atom. The predicted molar refractivity (Wildman–Crippen MR) is 86.3 cm³/mol. The van der Waals surface area contributed by atoms with Crippen LogP contribution in [0.3, 0.4) is 0 Å². The molecule has 0 spiro atoms. The van der Waals surface area contributed by atoms with Gasteiger partial charge in [-0.1, -0.05) is 33.3 Å². The quantitative estimate of drug-likeness (QED) is 0.795. The largest absolute Gasteiger partial charge is 0.494 e. The van der Waals surface area contributed by atoms with Crippen LogP contribution in [0.1, 0.15) is 33.6 Å². The van der Waals surface area contributed by atoms with Crippen LogP contribution in [0.15, 0.2) is 41.3 Å². The zero-order chi connectivity index (χ0) is 15.5. The van der Waals surface area contributed by atoms with E-state index in [0.29, 0.717) is 12.6 Å². The minimum Gasteiger partial charge on any atom is -0.494 e. The van der Waals surface area contributed by atoms with Crippen molar-refractivity contribution in [1.82, 2.24) is 9.97 Å². The summed E-state index contributed by atoms with van der Waals surface area (Å²) in [5, 5.41) is 3.03. The Balaban J connectivity index is 0.00000106. The number of nitrogens with zero attached hydrogens (tertiary/aromatic N) is 1. The summed E-state index contributed by atoms with van der Waals surface area (Å²) < 4.78 is 5.62. The number of nitrogens with one attached hydrogen (secondary N) is 2. The number of hydrogen-bond donors (Lipinski definition) is 2. The lowest BCUT2D eigenvalue weighted by molar-refractivity contribution is 0.309. The summed E-state index contributed by atoms with van der Waals surface area (Å²) >= 11 is 0. The molecule has 0 atom stereocenters. The molecule has 1 aromatic heterocycles. The van der Waals surface area contributed by atoms with Gasteiger partial charge in [-0.3, -0.25) is 9.78 Å². The van der Waals surface area contributed by atoms with Gasteiger partial charge in [-0.2, -0.15) is 0 Å². The van der Waals surface area contributed by atoms with Crippen molar-refractivity contribution in [2.75, 3.05) is 11.9 Å². The van der Waals surface area contributed by atoms with Gasteiger partial charge in [-0.05, 0) is 18.6 Å². The van der Waals surface area contributed by atoms with Crippen molar-refractivity contribution in [2.45, 2.75) is 33.6 Å². The molecule has 5 heteroatoms. The number of aromatic nitrogens is 2. The fourth-order valence-corrected chi connectivity index (χ4v) is 1.57. The van der Waals surface area contributed by atoms with Gasteiger partial charge in [0, 0.05) is 24.0 Å². The van der Waals surface area contributed by atoms with Gasteiger partial charge in [0.25, 0.3) is 5.56 Å². The van der Waals surface area contributed by atoms with Crippen molar-refractivity contribution in [3.05, 3.63) is 46.9 Å². The van der Waals surface area contributed by atoms with Gasteiger partial charge < -0.3 is 10.1 Å². The highest BCUT2D eigenvalue weighted by Crippen LogP contribution is 2.19. The molecule has 21 heavy (non-hydrogen) atoms. The Kier molecular flexibility index (Phi) is 7.64. The first-order valence-corrected chi connectivity index (χ1v) is 7.33. The van der Waals surface area contributed by atoms with Crippen molar-refractivity contribution in [2.24, 2.45) is 0 Å². The van der Waals surface area contributed by atoms with Crippen molar-refractivity contribution >= 4 is 11.6 Å². The fourth-order valence-electron chi connectivity index (χ4n) is 1.57. The third-order valence-corrected chi connectivity index (χ3v) is 2.53. The number of unbranched alkanes of at least 4 members (excludes halogenated alkanes) is 1. The van der Waals surface area contributed by atoms with Crippen LogP contribution in [0.25, 0.3) is 0 Å². The zero-order valence-corrected chi connectivity index (χ0v) is 12.8. The lowest BCUT2D eigenvalue weighted by Gasteiger charge is -2.08. The molecule has 0 unspecified atom stereocenters. The van der Waals surface area contributed by atoms with Gasteiger partial charge in [-0.15, -0.1) is 0 Å². The van der Waals surface area contributed by atoms with Crippen LogP contribution >= 0.6 is 0 Å². The highest BCUT2D eigenvalue weighted by Gasteiger charge is 1.99. The molecule has 2 aromatic rings. The molecule has 0 aliphatic carbocycles. The molecule has 5 nitrogen and oxygen atoms in total. The van der Waals surface area contributed by atoms with E-state index in [9.17, 15) is 4.79 Å². The highest BCUT2D eigenvalue weighted by molar-refractivity contribution is 5.55. The smallest absolute Gasteiger partial charge is 0.252 e. The molecule has 0 radical (unpaired) electrons. The summed E-state index contributed by atoms with van der Waals surface area (Å²) in [7, 11) is 0. The van der Waals surface area contributed by atoms with Crippen LogP contribution in [0.5, 0.6) is 5.75 Å². The molecule has 0 saturated heterocycles. The molecule has 0 aliphatic rings. The van der Waals surface area contributed by atoms with Crippen LogP contribution in [0.4, 0.5) is 11.6 Å². The highest BCUT2D eigenvalue weighted by atomic mass is 16.5. The minimum absolute atomic E-state index is 0.187. The van der Waals surface area contributed by atoms with Crippen LogP contribution in [-0.4, -0.2) is 16.6 Å². The fraction of sp³-hybridized carbons (Fsp3) is 0.375. The van der Waals surface area contributed by atoms with Crippen molar-refractivity contribution in [3.8, 4) is 5.75 Å². The number of benzene rings is 1. The average Bonchev–Trinajstić information content (AvgIpc) is 2.50. The molecule has 0 bridgehead atoms. The van der Waals surface area contributed by atoms with E-state index >= 15 is 0 Å². The second kappa shape index (κ2) is 9.58. The van der Waals surface area contributed by atoms with E-state index in [1.807, 2.05) is 38.1 Å². The Morgan fingerprint density at radius 2 is 2.10 bits per heavy atom. The summed E-state index contributed by atoms with van der Waals surface area (Å²) in [6.07, 6.45) is 3.60. The second-order valence-electron chi connectivity index (χ2n) is 4.14. The number of anilines is 2. The van der Waals surface area contributed by atoms with Gasteiger partial charge >= 0.3 is 0 Å². The van der Waals surface area contributed by atoms with Crippen LogP contribution in [-0.2, 0) is 0 Å². The maximum atomic E-state index is 11.2. The molecule has 0 fully saturated rings. The lowest BCUT2D eigenvalue weighted by Crippen LogP contribution is -2.08. The summed E-state index contributed by atoms with van der Waals surface area (Å²) in [6.45, 7) is 6.83. The second-order valence-corrected chi connectivity index (χ2v) is 4.14. The molecule has 1 heterocycles. The molecule has 2 rings (SSSR count).